The van der Waals surface area contributed by atoms with Gasteiger partial charge in [0.25, 0.3) is 5.91 Å². The van der Waals surface area contributed by atoms with Gasteiger partial charge in [-0.1, -0.05) is 30.8 Å². The van der Waals surface area contributed by atoms with Crippen LogP contribution in [-0.4, -0.2) is 58.2 Å². The summed E-state index contributed by atoms with van der Waals surface area (Å²) in [7, 11) is 0. The van der Waals surface area contributed by atoms with Gasteiger partial charge in [0.1, 0.15) is 0 Å². The number of aliphatic carboxylic acids is 1. The number of hydrogen-bond donors (Lipinski definition) is 1. The Morgan fingerprint density at radius 3 is 2.29 bits per heavy atom. The van der Waals surface area contributed by atoms with Gasteiger partial charge in [-0.15, -0.1) is 0 Å². The molecule has 2 aliphatic rings. The molecule has 0 radical (unpaired) electrons. The van der Waals surface area contributed by atoms with Crippen LogP contribution in [0.2, 0.25) is 0 Å². The first-order valence-corrected chi connectivity index (χ1v) is 11.0. The molecule has 1 atom stereocenters. The van der Waals surface area contributed by atoms with E-state index in [0.717, 1.165) is 11.3 Å². The van der Waals surface area contributed by atoms with Crippen LogP contribution in [0.3, 0.4) is 0 Å². The molecule has 0 unspecified atom stereocenters. The molecule has 1 aromatic carbocycles. The Bertz CT molecular complexity index is 1300. The van der Waals surface area contributed by atoms with Gasteiger partial charge in [-0.05, 0) is 31.2 Å². The Balaban J connectivity index is 1.47. The van der Waals surface area contributed by atoms with Crippen LogP contribution in [0.5, 0.6) is 11.8 Å². The largest absolute Gasteiger partial charge is 0.478 e. The second-order valence-electron chi connectivity index (χ2n) is 8.29. The second kappa shape index (κ2) is 8.72. The molecule has 34 heavy (non-hydrogen) atoms. The zero-order valence-electron chi connectivity index (χ0n) is 18.7. The summed E-state index contributed by atoms with van der Waals surface area (Å²) in [4.78, 5) is 35.3. The van der Waals surface area contributed by atoms with E-state index in [1.807, 2.05) is 43.3 Å². The molecule has 8 heteroatoms. The summed E-state index contributed by atoms with van der Waals surface area (Å²) in [5.74, 6) is -1.10. The van der Waals surface area contributed by atoms with E-state index >= 15 is 0 Å². The van der Waals surface area contributed by atoms with Crippen LogP contribution in [0.1, 0.15) is 33.1 Å². The fourth-order valence-corrected chi connectivity index (χ4v) is 4.25. The zero-order valence-corrected chi connectivity index (χ0v) is 18.7. The van der Waals surface area contributed by atoms with E-state index < -0.39 is 11.9 Å². The minimum Gasteiger partial charge on any atom is -0.478 e. The van der Waals surface area contributed by atoms with Crippen LogP contribution in [0.4, 0.5) is 0 Å². The van der Waals surface area contributed by atoms with E-state index in [9.17, 15) is 14.7 Å². The third kappa shape index (κ3) is 3.92. The number of morpholine rings is 1. The lowest BCUT2D eigenvalue weighted by Crippen LogP contribution is -2.40. The Morgan fingerprint density at radius 1 is 0.971 bits per heavy atom. The molecule has 3 aromatic rings. The van der Waals surface area contributed by atoms with E-state index in [1.165, 1.54) is 0 Å². The van der Waals surface area contributed by atoms with E-state index in [2.05, 4.69) is 16.5 Å². The van der Waals surface area contributed by atoms with Crippen molar-refractivity contribution in [1.29, 1.82) is 0 Å². The number of rotatable bonds is 4. The maximum atomic E-state index is 12.7. The Morgan fingerprint density at radius 2 is 1.62 bits per heavy atom. The first-order chi connectivity index (χ1) is 16.4. The summed E-state index contributed by atoms with van der Waals surface area (Å²) < 4.78 is 11.3. The number of ether oxygens (including phenoxy) is 2. The van der Waals surface area contributed by atoms with E-state index in [-0.39, 0.29) is 11.5 Å². The maximum absolute atomic E-state index is 12.7. The lowest BCUT2D eigenvalue weighted by Gasteiger charge is -2.27. The van der Waals surface area contributed by atoms with E-state index in [4.69, 9.17) is 9.47 Å². The van der Waals surface area contributed by atoms with Crippen molar-refractivity contribution in [1.82, 2.24) is 14.9 Å². The number of pyridine rings is 2. The standard InChI is InChI=1S/C26H23N3O5/c1-15-3-8-19-22(16(2)26(31)32)20-9-10-21(28-24(20)34-23(19)27-15)17-4-6-18(7-5-17)25(30)29-11-13-33-14-12-29/h3-10,22H,2,11-14H2,1H3,(H,31,32)/t22-/m0/s1. The Kier molecular flexibility index (Phi) is 5.59. The highest BCUT2D eigenvalue weighted by Gasteiger charge is 2.34. The fourth-order valence-electron chi connectivity index (χ4n) is 4.25. The summed E-state index contributed by atoms with van der Waals surface area (Å²) in [6.45, 7) is 7.90. The molecule has 0 spiro atoms. The second-order valence-corrected chi connectivity index (χ2v) is 8.29. The van der Waals surface area contributed by atoms with Crippen molar-refractivity contribution in [2.45, 2.75) is 12.8 Å². The molecule has 0 saturated carbocycles. The van der Waals surface area contributed by atoms with Gasteiger partial charge in [0.05, 0.1) is 24.8 Å². The predicted molar refractivity (Wildman–Crippen MR) is 124 cm³/mol. The van der Waals surface area contributed by atoms with Gasteiger partial charge in [-0.2, -0.15) is 0 Å². The molecule has 172 valence electrons. The van der Waals surface area contributed by atoms with Gasteiger partial charge in [-0.3, -0.25) is 4.79 Å². The molecule has 8 nitrogen and oxygen atoms in total. The van der Waals surface area contributed by atoms with Crippen LogP contribution in [0.15, 0.2) is 60.7 Å². The third-order valence-corrected chi connectivity index (χ3v) is 6.08. The number of aryl methyl sites for hydroxylation is 1. The molecule has 1 fully saturated rings. The number of benzene rings is 1. The van der Waals surface area contributed by atoms with Crippen LogP contribution in [0, 0.1) is 6.92 Å². The number of nitrogens with zero attached hydrogens (tertiary/aromatic N) is 3. The first-order valence-electron chi connectivity index (χ1n) is 11.0. The monoisotopic (exact) mass is 457 g/mol. The number of aromatic nitrogens is 2. The molecule has 2 aliphatic heterocycles. The smallest absolute Gasteiger partial charge is 0.331 e. The minimum absolute atomic E-state index is 0.0235. The molecule has 5 rings (SSSR count). The number of carbonyl (C=O) groups excluding carboxylic acids is 1. The average molecular weight is 457 g/mol. The van der Waals surface area contributed by atoms with Gasteiger partial charge in [0.15, 0.2) is 0 Å². The van der Waals surface area contributed by atoms with Crippen molar-refractivity contribution in [2.75, 3.05) is 26.3 Å². The van der Waals surface area contributed by atoms with Crippen molar-refractivity contribution in [3.63, 3.8) is 0 Å². The predicted octanol–water partition coefficient (Wildman–Crippen LogP) is 3.80. The summed E-state index contributed by atoms with van der Waals surface area (Å²) in [6, 6.07) is 14.5. The van der Waals surface area contributed by atoms with Gasteiger partial charge in [-0.25, -0.2) is 14.8 Å². The molecule has 1 saturated heterocycles. The topological polar surface area (TPSA) is 102 Å². The van der Waals surface area contributed by atoms with Crippen molar-refractivity contribution in [3.05, 3.63) is 83.1 Å². The minimum atomic E-state index is -1.09. The SMILES string of the molecule is C=C(C(=O)O)[C@H]1c2ccc(C)nc2Oc2nc(-c3ccc(C(=O)N4CCOCC4)cc3)ccc21. The van der Waals surface area contributed by atoms with Crippen LogP contribution in [0.25, 0.3) is 11.3 Å². The quantitative estimate of drug-likeness (QED) is 0.595. The molecule has 0 bridgehead atoms. The number of carboxylic acid groups (broad SMARTS) is 1. The maximum Gasteiger partial charge on any atom is 0.331 e. The highest BCUT2D eigenvalue weighted by molar-refractivity contribution is 5.94. The van der Waals surface area contributed by atoms with Crippen LogP contribution >= 0.6 is 0 Å². The molecule has 4 heterocycles. The van der Waals surface area contributed by atoms with Crippen molar-refractivity contribution in [3.8, 4) is 23.0 Å². The molecule has 1 amide bonds. The number of hydrogen-bond acceptors (Lipinski definition) is 6. The Hall–Kier alpha value is -4.04. The van der Waals surface area contributed by atoms with Crippen molar-refractivity contribution in [2.24, 2.45) is 0 Å². The van der Waals surface area contributed by atoms with Crippen molar-refractivity contribution >= 4 is 11.9 Å². The Labute approximate surface area is 196 Å². The number of carboxylic acids is 1. The molecular weight excluding hydrogens is 434 g/mol. The highest BCUT2D eigenvalue weighted by Crippen LogP contribution is 2.46. The van der Waals surface area contributed by atoms with Crippen molar-refractivity contribution < 1.29 is 24.2 Å². The molecular formula is C26H23N3O5. The number of carbonyl (C=O) groups is 2. The van der Waals surface area contributed by atoms with Gasteiger partial charge < -0.3 is 19.5 Å². The van der Waals surface area contributed by atoms with Crippen LogP contribution in [-0.2, 0) is 9.53 Å². The lowest BCUT2D eigenvalue weighted by atomic mass is 9.84. The fraction of sp³-hybridized carbons (Fsp3) is 0.231. The van der Waals surface area contributed by atoms with Gasteiger partial charge in [0.2, 0.25) is 11.8 Å². The molecule has 1 N–H and O–H groups in total. The zero-order chi connectivity index (χ0) is 23.8. The first kappa shape index (κ1) is 21.8. The third-order valence-electron chi connectivity index (χ3n) is 6.08. The molecule has 2 aromatic heterocycles. The van der Waals surface area contributed by atoms with E-state index in [1.54, 1.807) is 17.0 Å². The van der Waals surface area contributed by atoms with E-state index in [0.29, 0.717) is 60.4 Å². The average Bonchev–Trinajstić information content (AvgIpc) is 2.86. The summed E-state index contributed by atoms with van der Waals surface area (Å²) in [5.41, 5.74) is 4.09. The summed E-state index contributed by atoms with van der Waals surface area (Å²) in [6.07, 6.45) is 0. The van der Waals surface area contributed by atoms with Gasteiger partial charge in [0, 0.05) is 46.6 Å². The summed E-state index contributed by atoms with van der Waals surface area (Å²) in [5, 5.41) is 9.62. The van der Waals surface area contributed by atoms with Crippen LogP contribution < -0.4 is 4.74 Å². The lowest BCUT2D eigenvalue weighted by molar-refractivity contribution is -0.132. The summed E-state index contributed by atoms with van der Waals surface area (Å²) >= 11 is 0. The normalized spacial score (nSPS) is 16.7. The molecule has 0 aliphatic carbocycles. The number of amides is 1. The van der Waals surface area contributed by atoms with Gasteiger partial charge >= 0.3 is 5.97 Å². The number of fused-ring (bicyclic) bond motifs is 2. The highest BCUT2D eigenvalue weighted by atomic mass is 16.5.